The molecule has 0 aliphatic heterocycles. The van der Waals surface area contributed by atoms with E-state index in [2.05, 4.69) is 32.9 Å². The van der Waals surface area contributed by atoms with Gasteiger partial charge in [0.25, 0.3) is 0 Å². The predicted molar refractivity (Wildman–Crippen MR) is 76.3 cm³/mol. The first-order valence-corrected chi connectivity index (χ1v) is 6.56. The third-order valence-electron chi connectivity index (χ3n) is 2.61. The van der Waals surface area contributed by atoms with E-state index in [1.165, 1.54) is 5.56 Å². The Labute approximate surface area is 111 Å². The maximum Gasteiger partial charge on any atom is 0.119 e. The smallest absolute Gasteiger partial charge is 0.119 e. The monoisotopic (exact) mass is 250 g/mol. The Balaban J connectivity index is 2.41. The van der Waals surface area contributed by atoms with Gasteiger partial charge < -0.3 is 9.47 Å². The van der Waals surface area contributed by atoms with Gasteiger partial charge in [-0.15, -0.1) is 0 Å². The Hall–Kier alpha value is -1.02. The van der Waals surface area contributed by atoms with Crippen molar-refractivity contribution in [2.24, 2.45) is 0 Å². The van der Waals surface area contributed by atoms with Crippen molar-refractivity contribution in [2.75, 3.05) is 13.2 Å². The molecule has 102 valence electrons. The van der Waals surface area contributed by atoms with Crippen molar-refractivity contribution in [1.29, 1.82) is 0 Å². The third kappa shape index (κ3) is 5.54. The van der Waals surface area contributed by atoms with Crippen molar-refractivity contribution >= 4 is 0 Å². The summed E-state index contributed by atoms with van der Waals surface area (Å²) in [7, 11) is 0. The van der Waals surface area contributed by atoms with Crippen molar-refractivity contribution in [3.63, 3.8) is 0 Å². The zero-order chi connectivity index (χ0) is 13.8. The van der Waals surface area contributed by atoms with Crippen LogP contribution in [0.3, 0.4) is 0 Å². The number of benzene rings is 1. The molecule has 0 saturated carbocycles. The van der Waals surface area contributed by atoms with Crippen LogP contribution < -0.4 is 4.74 Å². The molecule has 0 heterocycles. The van der Waals surface area contributed by atoms with Crippen LogP contribution in [0.25, 0.3) is 0 Å². The first-order valence-electron chi connectivity index (χ1n) is 6.56. The van der Waals surface area contributed by atoms with Crippen LogP contribution >= 0.6 is 0 Å². The second kappa shape index (κ2) is 5.75. The molecular formula is C16H26O2. The van der Waals surface area contributed by atoms with Crippen molar-refractivity contribution in [3.05, 3.63) is 29.8 Å². The van der Waals surface area contributed by atoms with Crippen LogP contribution in [0, 0.1) is 0 Å². The Bertz CT molecular complexity index is 352. The van der Waals surface area contributed by atoms with E-state index in [1.54, 1.807) is 0 Å². The van der Waals surface area contributed by atoms with Gasteiger partial charge in [-0.2, -0.15) is 0 Å². The predicted octanol–water partition coefficient (Wildman–Crippen LogP) is 4.18. The van der Waals surface area contributed by atoms with Crippen LogP contribution in [-0.4, -0.2) is 18.8 Å². The first-order chi connectivity index (χ1) is 8.18. The molecule has 2 nitrogen and oxygen atoms in total. The fourth-order valence-corrected chi connectivity index (χ4v) is 1.56. The second-order valence-corrected chi connectivity index (χ2v) is 6.58. The highest BCUT2D eigenvalue weighted by atomic mass is 16.5. The fraction of sp³-hybridized carbons (Fsp3) is 0.625. The van der Waals surface area contributed by atoms with Crippen LogP contribution in [0.15, 0.2) is 24.3 Å². The van der Waals surface area contributed by atoms with Gasteiger partial charge in [0, 0.05) is 0 Å². The second-order valence-electron chi connectivity index (χ2n) is 6.58. The summed E-state index contributed by atoms with van der Waals surface area (Å²) in [5, 5.41) is 0. The molecule has 2 heteroatoms. The number of hydrogen-bond donors (Lipinski definition) is 0. The minimum atomic E-state index is -0.0978. The molecule has 0 unspecified atom stereocenters. The average Bonchev–Trinajstić information content (AvgIpc) is 2.22. The molecule has 0 spiro atoms. The van der Waals surface area contributed by atoms with Gasteiger partial charge in [0.2, 0.25) is 0 Å². The highest BCUT2D eigenvalue weighted by Gasteiger charge is 2.13. The lowest BCUT2D eigenvalue weighted by Gasteiger charge is -2.20. The van der Waals surface area contributed by atoms with Crippen LogP contribution in [0.5, 0.6) is 5.75 Å². The molecule has 0 radical (unpaired) electrons. The summed E-state index contributed by atoms with van der Waals surface area (Å²) in [5.74, 6) is 0.903. The Morgan fingerprint density at radius 3 is 1.83 bits per heavy atom. The highest BCUT2D eigenvalue weighted by Crippen LogP contribution is 2.24. The molecule has 1 rings (SSSR count). The van der Waals surface area contributed by atoms with Gasteiger partial charge in [-0.1, -0.05) is 32.9 Å². The summed E-state index contributed by atoms with van der Waals surface area (Å²) in [4.78, 5) is 0. The van der Waals surface area contributed by atoms with Crippen molar-refractivity contribution < 1.29 is 9.47 Å². The zero-order valence-electron chi connectivity index (χ0n) is 12.5. The highest BCUT2D eigenvalue weighted by molar-refractivity contribution is 5.31. The first kappa shape index (κ1) is 15.0. The van der Waals surface area contributed by atoms with E-state index in [1.807, 2.05) is 32.9 Å². The van der Waals surface area contributed by atoms with Gasteiger partial charge in [0.05, 0.1) is 12.2 Å². The molecule has 0 saturated heterocycles. The van der Waals surface area contributed by atoms with Gasteiger partial charge in [-0.25, -0.2) is 0 Å². The molecule has 1 aromatic carbocycles. The van der Waals surface area contributed by atoms with E-state index < -0.39 is 0 Å². The Kier molecular flexibility index (Phi) is 4.80. The molecule has 1 aromatic rings. The topological polar surface area (TPSA) is 18.5 Å². The number of rotatable bonds is 4. The number of hydrogen-bond acceptors (Lipinski definition) is 2. The zero-order valence-corrected chi connectivity index (χ0v) is 12.5. The lowest BCUT2D eigenvalue weighted by Crippen LogP contribution is -2.22. The van der Waals surface area contributed by atoms with Gasteiger partial charge >= 0.3 is 0 Å². The molecule has 0 amide bonds. The summed E-state index contributed by atoms with van der Waals surface area (Å²) < 4.78 is 11.2. The SMILES string of the molecule is CC(C)(C)OCCOc1ccc(C(C)(C)C)cc1. The lowest BCUT2D eigenvalue weighted by molar-refractivity contribution is -0.0163. The molecule has 0 bridgehead atoms. The van der Waals surface area contributed by atoms with E-state index in [0.717, 1.165) is 5.75 Å². The van der Waals surface area contributed by atoms with Gasteiger partial charge in [-0.3, -0.25) is 0 Å². The van der Waals surface area contributed by atoms with E-state index in [4.69, 9.17) is 9.47 Å². The van der Waals surface area contributed by atoms with Gasteiger partial charge in [0.15, 0.2) is 0 Å². The molecule has 0 aliphatic rings. The van der Waals surface area contributed by atoms with Crippen molar-refractivity contribution in [2.45, 2.75) is 52.6 Å². The summed E-state index contributed by atoms with van der Waals surface area (Å²) in [6.07, 6.45) is 0. The van der Waals surface area contributed by atoms with E-state index >= 15 is 0 Å². The number of ether oxygens (including phenoxy) is 2. The molecule has 0 fully saturated rings. The van der Waals surface area contributed by atoms with Crippen molar-refractivity contribution in [1.82, 2.24) is 0 Å². The molecule has 0 atom stereocenters. The normalized spacial score (nSPS) is 12.6. The van der Waals surface area contributed by atoms with Gasteiger partial charge in [0.1, 0.15) is 12.4 Å². The summed E-state index contributed by atoms with van der Waals surface area (Å²) in [5.41, 5.74) is 1.41. The molecule has 18 heavy (non-hydrogen) atoms. The minimum absolute atomic E-state index is 0.0978. The summed E-state index contributed by atoms with van der Waals surface area (Å²) in [6, 6.07) is 8.30. The van der Waals surface area contributed by atoms with Crippen molar-refractivity contribution in [3.8, 4) is 5.75 Å². The maximum absolute atomic E-state index is 5.64. The van der Waals surface area contributed by atoms with Crippen LogP contribution in [0.2, 0.25) is 0 Å². The van der Waals surface area contributed by atoms with E-state index in [0.29, 0.717) is 13.2 Å². The summed E-state index contributed by atoms with van der Waals surface area (Å²) in [6.45, 7) is 14.0. The van der Waals surface area contributed by atoms with Crippen LogP contribution in [-0.2, 0) is 10.2 Å². The molecular weight excluding hydrogens is 224 g/mol. The van der Waals surface area contributed by atoms with E-state index in [-0.39, 0.29) is 11.0 Å². The van der Waals surface area contributed by atoms with E-state index in [9.17, 15) is 0 Å². The van der Waals surface area contributed by atoms with Gasteiger partial charge in [-0.05, 0) is 43.9 Å². The Morgan fingerprint density at radius 1 is 0.833 bits per heavy atom. The molecule has 0 aliphatic carbocycles. The fourth-order valence-electron chi connectivity index (χ4n) is 1.56. The molecule has 0 aromatic heterocycles. The maximum atomic E-state index is 5.64. The largest absolute Gasteiger partial charge is 0.491 e. The lowest BCUT2D eigenvalue weighted by atomic mass is 9.87. The average molecular weight is 250 g/mol. The minimum Gasteiger partial charge on any atom is -0.491 e. The Morgan fingerprint density at radius 2 is 1.39 bits per heavy atom. The molecule has 0 N–H and O–H groups in total. The quantitative estimate of drug-likeness (QED) is 0.746. The standard InChI is InChI=1S/C16H26O2/c1-15(2,3)13-7-9-14(10-8-13)17-11-12-18-16(4,5)6/h7-10H,11-12H2,1-6H3. The van der Waals surface area contributed by atoms with Crippen LogP contribution in [0.4, 0.5) is 0 Å². The summed E-state index contributed by atoms with van der Waals surface area (Å²) >= 11 is 0. The third-order valence-corrected chi connectivity index (χ3v) is 2.61. The van der Waals surface area contributed by atoms with Crippen LogP contribution in [0.1, 0.15) is 47.1 Å².